The van der Waals surface area contributed by atoms with Gasteiger partial charge in [0.1, 0.15) is 0 Å². The molecule has 0 fully saturated rings. The third kappa shape index (κ3) is 3.57. The Labute approximate surface area is 66.8 Å². The molecule has 0 unspecified atom stereocenters. The molecule has 0 aliphatic rings. The number of hydrogen-bond donors (Lipinski definition) is 1. The molecule has 0 heterocycles. The summed E-state index contributed by atoms with van der Waals surface area (Å²) in [7, 11) is 2.18. The summed E-state index contributed by atoms with van der Waals surface area (Å²) in [5.41, 5.74) is 0. The minimum atomic E-state index is -4.37. The van der Waals surface area contributed by atoms with E-state index in [0.717, 1.165) is 14.2 Å². The van der Waals surface area contributed by atoms with Crippen molar-refractivity contribution in [2.24, 2.45) is 0 Å². The molecule has 0 aliphatic heterocycles. The summed E-state index contributed by atoms with van der Waals surface area (Å²) in [4.78, 5) is 10.4. The first-order valence-electron chi connectivity index (χ1n) is 2.62. The molecule has 0 saturated carbocycles. The average Bonchev–Trinajstić information content (AvgIpc) is 2.04. The van der Waals surface area contributed by atoms with Crippen molar-refractivity contribution in [3.8, 4) is 0 Å². The Morgan fingerprint density at radius 2 is 1.91 bits per heavy atom. The molecule has 11 heavy (non-hydrogen) atoms. The van der Waals surface area contributed by atoms with Gasteiger partial charge in [-0.25, -0.2) is 0 Å². The van der Waals surface area contributed by atoms with Gasteiger partial charge in [-0.05, 0) is 0 Å². The number of carbonyl (C=O) groups excluding carboxylic acids is 1. The van der Waals surface area contributed by atoms with Crippen LogP contribution in [-0.2, 0) is 19.7 Å². The topological polar surface area (TPSA) is 82.1 Å². The van der Waals surface area contributed by atoms with Crippen LogP contribution in [0.2, 0.25) is 0 Å². The van der Waals surface area contributed by atoms with E-state index in [2.05, 4.69) is 11.2 Å². The van der Waals surface area contributed by atoms with Crippen LogP contribution in [0, 0.1) is 0 Å². The van der Waals surface area contributed by atoms with Crippen molar-refractivity contribution in [3.05, 3.63) is 0 Å². The molecule has 6 nitrogen and oxygen atoms in total. The standard InChI is InChI=1S/C4H9AsO6/c1-9-5(8,10-2)11-4(7)3-6/h6H,3H2,1-2H3. The third-order valence-corrected chi connectivity index (χ3v) is 3.56. The molecule has 66 valence electrons. The second-order valence-corrected chi connectivity index (χ2v) is 5.23. The molecule has 0 bridgehead atoms. The second-order valence-electron chi connectivity index (χ2n) is 1.43. The van der Waals surface area contributed by atoms with E-state index in [1.165, 1.54) is 0 Å². The van der Waals surface area contributed by atoms with E-state index in [9.17, 15) is 8.53 Å². The van der Waals surface area contributed by atoms with Gasteiger partial charge < -0.3 is 0 Å². The molecule has 0 aromatic heterocycles. The molecule has 0 atom stereocenters. The summed E-state index contributed by atoms with van der Waals surface area (Å²) in [5.74, 6) is -1.03. The van der Waals surface area contributed by atoms with Crippen molar-refractivity contribution in [1.82, 2.24) is 0 Å². The maximum atomic E-state index is 11.0. The SMILES string of the molecule is CO[As](=O)(OC)OC(=O)CO. The van der Waals surface area contributed by atoms with E-state index < -0.39 is 27.1 Å². The van der Waals surface area contributed by atoms with Gasteiger partial charge in [-0.3, -0.25) is 0 Å². The van der Waals surface area contributed by atoms with Gasteiger partial charge in [-0.2, -0.15) is 0 Å². The maximum absolute atomic E-state index is 11.0. The van der Waals surface area contributed by atoms with Crippen molar-refractivity contribution >= 4 is 20.5 Å². The summed E-state index contributed by atoms with van der Waals surface area (Å²) < 4.78 is 23.7. The monoisotopic (exact) mass is 228 g/mol. The zero-order chi connectivity index (χ0) is 8.91. The van der Waals surface area contributed by atoms with Crippen LogP contribution in [0.4, 0.5) is 0 Å². The van der Waals surface area contributed by atoms with Gasteiger partial charge in [-0.1, -0.05) is 0 Å². The normalized spacial score (nSPS) is 11.2. The summed E-state index contributed by atoms with van der Waals surface area (Å²) >= 11 is -4.37. The van der Waals surface area contributed by atoms with E-state index in [1.54, 1.807) is 0 Å². The molecule has 0 radical (unpaired) electrons. The van der Waals surface area contributed by atoms with E-state index >= 15 is 0 Å². The fourth-order valence-corrected chi connectivity index (χ4v) is 1.57. The van der Waals surface area contributed by atoms with E-state index in [0.29, 0.717) is 0 Å². The van der Waals surface area contributed by atoms with Crippen LogP contribution in [0.15, 0.2) is 0 Å². The van der Waals surface area contributed by atoms with Crippen LogP contribution in [-0.4, -0.2) is 46.4 Å². The Morgan fingerprint density at radius 3 is 2.18 bits per heavy atom. The van der Waals surface area contributed by atoms with Crippen LogP contribution in [0.25, 0.3) is 0 Å². The summed E-state index contributed by atoms with van der Waals surface area (Å²) in [5, 5.41) is 8.19. The molecule has 0 aliphatic carbocycles. The molecule has 0 saturated heterocycles. The van der Waals surface area contributed by atoms with E-state index in [1.807, 2.05) is 0 Å². The van der Waals surface area contributed by atoms with Crippen molar-refractivity contribution in [1.29, 1.82) is 0 Å². The number of aliphatic hydroxyl groups excluding tert-OH is 1. The molecule has 0 spiro atoms. The van der Waals surface area contributed by atoms with Crippen molar-refractivity contribution in [3.63, 3.8) is 0 Å². The Morgan fingerprint density at radius 1 is 1.45 bits per heavy atom. The zero-order valence-electron chi connectivity index (χ0n) is 6.14. The predicted molar refractivity (Wildman–Crippen MR) is 33.6 cm³/mol. The van der Waals surface area contributed by atoms with Gasteiger partial charge in [0.15, 0.2) is 0 Å². The van der Waals surface area contributed by atoms with Crippen molar-refractivity contribution < 1.29 is 24.8 Å². The predicted octanol–water partition coefficient (Wildman–Crippen LogP) is -1.32. The average molecular weight is 228 g/mol. The van der Waals surface area contributed by atoms with Crippen LogP contribution < -0.4 is 0 Å². The van der Waals surface area contributed by atoms with Gasteiger partial charge in [-0.15, -0.1) is 0 Å². The van der Waals surface area contributed by atoms with Gasteiger partial charge in [0.2, 0.25) is 0 Å². The number of carbonyl (C=O) groups is 1. The van der Waals surface area contributed by atoms with Gasteiger partial charge in [0, 0.05) is 0 Å². The van der Waals surface area contributed by atoms with Gasteiger partial charge in [0.25, 0.3) is 0 Å². The van der Waals surface area contributed by atoms with Crippen LogP contribution in [0.3, 0.4) is 0 Å². The van der Waals surface area contributed by atoms with Gasteiger partial charge >= 0.3 is 66.1 Å². The second kappa shape index (κ2) is 4.56. The zero-order valence-corrected chi connectivity index (χ0v) is 8.02. The first-order chi connectivity index (χ1) is 5.08. The van der Waals surface area contributed by atoms with E-state index in [4.69, 9.17) is 5.11 Å². The summed E-state index contributed by atoms with van der Waals surface area (Å²) in [6.07, 6.45) is 0. The first-order valence-corrected chi connectivity index (χ1v) is 5.69. The Balaban J connectivity index is 4.09. The summed E-state index contributed by atoms with van der Waals surface area (Å²) in [6, 6.07) is 0. The third-order valence-electron chi connectivity index (χ3n) is 0.790. The Hall–Kier alpha value is -0.292. The fourth-order valence-electron chi connectivity index (χ4n) is 0.303. The molecule has 0 amide bonds. The molecule has 1 N–H and O–H groups in total. The minimum absolute atomic E-state index is 0.849. The quantitative estimate of drug-likeness (QED) is 0.601. The van der Waals surface area contributed by atoms with Crippen LogP contribution >= 0.6 is 0 Å². The first kappa shape index (κ1) is 10.7. The number of rotatable bonds is 4. The number of aliphatic hydroxyl groups is 1. The van der Waals surface area contributed by atoms with Crippen molar-refractivity contribution in [2.45, 2.75) is 0 Å². The fraction of sp³-hybridized carbons (Fsp3) is 0.750. The molecule has 0 rings (SSSR count). The van der Waals surface area contributed by atoms with Crippen molar-refractivity contribution in [2.75, 3.05) is 20.8 Å². The molecule has 7 heteroatoms. The molecular formula is C4H9AsO6. The van der Waals surface area contributed by atoms with Crippen LogP contribution in [0.1, 0.15) is 0 Å². The molecule has 0 aromatic rings. The van der Waals surface area contributed by atoms with E-state index in [-0.39, 0.29) is 0 Å². The Kier molecular flexibility index (Phi) is 4.44. The van der Waals surface area contributed by atoms with Crippen LogP contribution in [0.5, 0.6) is 0 Å². The Bertz CT molecular complexity index is 169. The number of hydrogen-bond acceptors (Lipinski definition) is 6. The molecule has 0 aromatic carbocycles. The molecular weight excluding hydrogens is 219 g/mol. The summed E-state index contributed by atoms with van der Waals surface area (Å²) in [6.45, 7) is -0.849. The van der Waals surface area contributed by atoms with Gasteiger partial charge in [0.05, 0.1) is 0 Å².